The molecule has 0 saturated heterocycles. The molecule has 0 aliphatic rings. The van der Waals surface area contributed by atoms with Crippen molar-refractivity contribution in [1.29, 1.82) is 0 Å². The monoisotopic (exact) mass is 303 g/mol. The van der Waals surface area contributed by atoms with Gasteiger partial charge < -0.3 is 5.32 Å². The largest absolute Gasteiger partial charge is 0.357 e. The van der Waals surface area contributed by atoms with Crippen LogP contribution in [0.5, 0.6) is 0 Å². The lowest BCUT2D eigenvalue weighted by molar-refractivity contribution is 0.624. The standard InChI is InChI=1S/C10H11BrFN3S/c1-2-14-15-10(16)13-6-7-5-8(12)3-4-9(7)11/h2-5H,6H2,1H3,(H2,13,15,16)/b14-2-. The van der Waals surface area contributed by atoms with Crippen molar-refractivity contribution in [2.75, 3.05) is 0 Å². The van der Waals surface area contributed by atoms with Gasteiger partial charge in [0, 0.05) is 17.2 Å². The highest BCUT2D eigenvalue weighted by Crippen LogP contribution is 2.17. The van der Waals surface area contributed by atoms with Crippen molar-refractivity contribution in [3.8, 4) is 0 Å². The number of nitrogens with zero attached hydrogens (tertiary/aromatic N) is 1. The molecule has 0 aliphatic heterocycles. The summed E-state index contributed by atoms with van der Waals surface area (Å²) >= 11 is 8.28. The molecule has 1 aromatic carbocycles. The summed E-state index contributed by atoms with van der Waals surface area (Å²) in [5, 5.41) is 7.07. The Kier molecular flexibility index (Phi) is 5.34. The van der Waals surface area contributed by atoms with Gasteiger partial charge in [0.15, 0.2) is 5.11 Å². The van der Waals surface area contributed by atoms with E-state index in [4.69, 9.17) is 12.2 Å². The van der Waals surface area contributed by atoms with Gasteiger partial charge in [0.2, 0.25) is 0 Å². The number of benzene rings is 1. The quantitative estimate of drug-likeness (QED) is 0.512. The summed E-state index contributed by atoms with van der Waals surface area (Å²) in [4.78, 5) is 0. The van der Waals surface area contributed by atoms with E-state index >= 15 is 0 Å². The minimum absolute atomic E-state index is 0.273. The van der Waals surface area contributed by atoms with Gasteiger partial charge in [-0.25, -0.2) is 4.39 Å². The van der Waals surface area contributed by atoms with Crippen molar-refractivity contribution < 1.29 is 4.39 Å². The first-order valence-corrected chi connectivity index (χ1v) is 5.79. The molecule has 0 heterocycles. The van der Waals surface area contributed by atoms with E-state index in [0.29, 0.717) is 11.7 Å². The molecule has 2 N–H and O–H groups in total. The molecule has 16 heavy (non-hydrogen) atoms. The van der Waals surface area contributed by atoms with Gasteiger partial charge in [0.25, 0.3) is 0 Å². The Morgan fingerprint density at radius 2 is 2.38 bits per heavy atom. The normalized spacial score (nSPS) is 10.4. The third-order valence-electron chi connectivity index (χ3n) is 1.74. The molecule has 0 bridgehead atoms. The third-order valence-corrected chi connectivity index (χ3v) is 2.75. The first-order valence-electron chi connectivity index (χ1n) is 4.59. The zero-order valence-electron chi connectivity index (χ0n) is 8.63. The van der Waals surface area contributed by atoms with Gasteiger partial charge in [-0.2, -0.15) is 5.10 Å². The molecule has 0 aromatic heterocycles. The van der Waals surface area contributed by atoms with Gasteiger partial charge in [0.1, 0.15) is 5.82 Å². The average molecular weight is 304 g/mol. The predicted octanol–water partition coefficient (Wildman–Crippen LogP) is 2.56. The summed E-state index contributed by atoms with van der Waals surface area (Å²) < 4.78 is 13.8. The number of nitrogens with one attached hydrogen (secondary N) is 2. The highest BCUT2D eigenvalue weighted by molar-refractivity contribution is 9.10. The van der Waals surface area contributed by atoms with Crippen molar-refractivity contribution >= 4 is 39.5 Å². The maximum atomic E-state index is 13.0. The van der Waals surface area contributed by atoms with Crippen LogP contribution < -0.4 is 10.7 Å². The number of halogens is 2. The molecule has 0 fully saturated rings. The number of thiocarbonyl (C=S) groups is 1. The molecular weight excluding hydrogens is 293 g/mol. The van der Waals surface area contributed by atoms with Gasteiger partial charge in [0.05, 0.1) is 0 Å². The Balaban J connectivity index is 2.54. The summed E-state index contributed by atoms with van der Waals surface area (Å²) in [7, 11) is 0. The molecule has 0 spiro atoms. The lowest BCUT2D eigenvalue weighted by Crippen LogP contribution is -2.31. The lowest BCUT2D eigenvalue weighted by atomic mass is 10.2. The van der Waals surface area contributed by atoms with Crippen LogP contribution in [0, 0.1) is 5.82 Å². The molecule has 0 amide bonds. The second kappa shape index (κ2) is 6.55. The van der Waals surface area contributed by atoms with Crippen molar-refractivity contribution in [1.82, 2.24) is 10.7 Å². The summed E-state index contributed by atoms with van der Waals surface area (Å²) in [6.45, 7) is 2.21. The topological polar surface area (TPSA) is 36.4 Å². The molecule has 0 atom stereocenters. The fourth-order valence-electron chi connectivity index (χ4n) is 1.02. The second-order valence-corrected chi connectivity index (χ2v) is 4.18. The first-order chi connectivity index (χ1) is 7.63. The molecule has 0 unspecified atom stereocenters. The maximum absolute atomic E-state index is 13.0. The van der Waals surface area contributed by atoms with Gasteiger partial charge in [-0.15, -0.1) is 0 Å². The Bertz CT molecular complexity index is 409. The van der Waals surface area contributed by atoms with Gasteiger partial charge in [-0.3, -0.25) is 5.43 Å². The average Bonchev–Trinajstić information content (AvgIpc) is 2.27. The third kappa shape index (κ3) is 4.24. The summed E-state index contributed by atoms with van der Waals surface area (Å²) in [5.74, 6) is -0.273. The van der Waals surface area contributed by atoms with Crippen LogP contribution in [0.15, 0.2) is 27.8 Å². The highest BCUT2D eigenvalue weighted by Gasteiger charge is 2.02. The van der Waals surface area contributed by atoms with Crippen LogP contribution in [-0.4, -0.2) is 11.3 Å². The van der Waals surface area contributed by atoms with E-state index in [1.807, 2.05) is 0 Å². The molecule has 0 radical (unpaired) electrons. The summed E-state index contributed by atoms with van der Waals surface area (Å²) in [6.07, 6.45) is 1.59. The molecule has 1 aromatic rings. The van der Waals surface area contributed by atoms with E-state index in [2.05, 4.69) is 31.8 Å². The van der Waals surface area contributed by atoms with Crippen LogP contribution in [0.2, 0.25) is 0 Å². The Labute approximate surface area is 107 Å². The van der Waals surface area contributed by atoms with Crippen LogP contribution >= 0.6 is 28.1 Å². The van der Waals surface area contributed by atoms with E-state index in [1.54, 1.807) is 19.2 Å². The molecule has 0 aliphatic carbocycles. The van der Waals surface area contributed by atoms with E-state index in [-0.39, 0.29) is 5.82 Å². The van der Waals surface area contributed by atoms with E-state index in [9.17, 15) is 4.39 Å². The predicted molar refractivity (Wildman–Crippen MR) is 70.8 cm³/mol. The second-order valence-electron chi connectivity index (χ2n) is 2.92. The van der Waals surface area contributed by atoms with Crippen LogP contribution in [-0.2, 0) is 6.54 Å². The fourth-order valence-corrected chi connectivity index (χ4v) is 1.53. The molecule has 6 heteroatoms. The van der Waals surface area contributed by atoms with Crippen molar-refractivity contribution in [3.63, 3.8) is 0 Å². The molecule has 3 nitrogen and oxygen atoms in total. The van der Waals surface area contributed by atoms with Crippen molar-refractivity contribution in [2.45, 2.75) is 13.5 Å². The Morgan fingerprint density at radius 3 is 3.06 bits per heavy atom. The number of hydrogen-bond donors (Lipinski definition) is 2. The fraction of sp³-hybridized carbons (Fsp3) is 0.200. The number of hydrogen-bond acceptors (Lipinski definition) is 2. The van der Waals surface area contributed by atoms with Gasteiger partial charge in [-0.1, -0.05) is 15.9 Å². The molecule has 1 rings (SSSR count). The van der Waals surface area contributed by atoms with E-state index < -0.39 is 0 Å². The molecule has 0 saturated carbocycles. The summed E-state index contributed by atoms with van der Waals surface area (Å²) in [6, 6.07) is 4.50. The minimum Gasteiger partial charge on any atom is -0.357 e. The van der Waals surface area contributed by atoms with E-state index in [0.717, 1.165) is 10.0 Å². The summed E-state index contributed by atoms with van der Waals surface area (Å²) in [5.41, 5.74) is 3.41. The minimum atomic E-state index is -0.273. The lowest BCUT2D eigenvalue weighted by Gasteiger charge is -2.08. The van der Waals surface area contributed by atoms with E-state index in [1.165, 1.54) is 12.1 Å². The number of hydrazone groups is 1. The van der Waals surface area contributed by atoms with Crippen molar-refractivity contribution in [3.05, 3.63) is 34.1 Å². The molecular formula is C10H11BrFN3S. The zero-order chi connectivity index (χ0) is 12.0. The SMILES string of the molecule is C/C=N\NC(=S)NCc1cc(F)ccc1Br. The van der Waals surface area contributed by atoms with Gasteiger partial charge in [-0.05, 0) is 42.9 Å². The number of rotatable bonds is 3. The van der Waals surface area contributed by atoms with Crippen molar-refractivity contribution in [2.24, 2.45) is 5.10 Å². The highest BCUT2D eigenvalue weighted by atomic mass is 79.9. The maximum Gasteiger partial charge on any atom is 0.187 e. The first kappa shape index (κ1) is 13.1. The van der Waals surface area contributed by atoms with Crippen LogP contribution in [0.3, 0.4) is 0 Å². The Hall–Kier alpha value is -1.01. The smallest absolute Gasteiger partial charge is 0.187 e. The van der Waals surface area contributed by atoms with Crippen LogP contribution in [0.1, 0.15) is 12.5 Å². The molecule has 86 valence electrons. The zero-order valence-corrected chi connectivity index (χ0v) is 11.0. The van der Waals surface area contributed by atoms with Crippen LogP contribution in [0.25, 0.3) is 0 Å². The van der Waals surface area contributed by atoms with Crippen LogP contribution in [0.4, 0.5) is 4.39 Å². The Morgan fingerprint density at radius 1 is 1.62 bits per heavy atom. The van der Waals surface area contributed by atoms with Gasteiger partial charge >= 0.3 is 0 Å².